The molecule has 1 N–H and O–H groups in total. The summed E-state index contributed by atoms with van der Waals surface area (Å²) in [4.78, 5) is 24.4. The second-order valence-corrected chi connectivity index (χ2v) is 4.41. The molecule has 0 bridgehead atoms. The van der Waals surface area contributed by atoms with E-state index in [2.05, 4.69) is 23.9 Å². The van der Waals surface area contributed by atoms with Gasteiger partial charge in [-0.3, -0.25) is 14.5 Å². The van der Waals surface area contributed by atoms with Gasteiger partial charge >= 0.3 is 5.97 Å². The molecule has 0 radical (unpaired) electrons. The van der Waals surface area contributed by atoms with Crippen LogP contribution in [0.1, 0.15) is 27.2 Å². The van der Waals surface area contributed by atoms with Crippen molar-refractivity contribution in [3.8, 4) is 0 Å². The van der Waals surface area contributed by atoms with Crippen LogP contribution in [0.4, 0.5) is 0 Å². The van der Waals surface area contributed by atoms with Gasteiger partial charge in [0.05, 0.1) is 20.2 Å². The van der Waals surface area contributed by atoms with Gasteiger partial charge in [0.15, 0.2) is 0 Å². The first-order valence-electron chi connectivity index (χ1n) is 6.05. The van der Waals surface area contributed by atoms with Crippen molar-refractivity contribution in [2.24, 2.45) is 5.92 Å². The number of methoxy groups -OCH3 is 1. The number of hydrogen-bond donors (Lipinski definition) is 1. The monoisotopic (exact) mass is 244 g/mol. The Morgan fingerprint density at radius 1 is 1.29 bits per heavy atom. The molecule has 0 fully saturated rings. The number of nitrogens with zero attached hydrogens (tertiary/aromatic N) is 1. The minimum Gasteiger partial charge on any atom is -0.468 e. The van der Waals surface area contributed by atoms with E-state index in [0.29, 0.717) is 19.0 Å². The maximum atomic E-state index is 11.6. The van der Waals surface area contributed by atoms with Gasteiger partial charge in [-0.05, 0) is 18.9 Å². The molecular weight excluding hydrogens is 220 g/mol. The van der Waals surface area contributed by atoms with Gasteiger partial charge < -0.3 is 10.1 Å². The molecule has 0 aromatic heterocycles. The van der Waals surface area contributed by atoms with E-state index in [1.165, 1.54) is 7.11 Å². The molecule has 1 amide bonds. The van der Waals surface area contributed by atoms with Crippen molar-refractivity contribution < 1.29 is 14.3 Å². The van der Waals surface area contributed by atoms with Crippen LogP contribution in [0, 0.1) is 5.92 Å². The first kappa shape index (κ1) is 15.9. The molecule has 0 aromatic rings. The van der Waals surface area contributed by atoms with E-state index in [1.54, 1.807) is 4.90 Å². The molecule has 0 atom stereocenters. The Balaban J connectivity index is 3.85. The first-order chi connectivity index (χ1) is 7.99. The number of hydrogen-bond acceptors (Lipinski definition) is 4. The lowest BCUT2D eigenvalue weighted by Crippen LogP contribution is -2.40. The lowest BCUT2D eigenvalue weighted by atomic mass is 10.1. The third-order valence-electron chi connectivity index (χ3n) is 2.44. The van der Waals surface area contributed by atoms with Gasteiger partial charge in [-0.25, -0.2) is 0 Å². The van der Waals surface area contributed by atoms with Crippen LogP contribution in [0.25, 0.3) is 0 Å². The largest absolute Gasteiger partial charge is 0.468 e. The Labute approximate surface area is 103 Å². The van der Waals surface area contributed by atoms with E-state index in [1.807, 2.05) is 6.92 Å². The second kappa shape index (κ2) is 8.98. The summed E-state index contributed by atoms with van der Waals surface area (Å²) in [7, 11) is 1.35. The van der Waals surface area contributed by atoms with Crippen LogP contribution in [0.2, 0.25) is 0 Å². The molecular formula is C12H24N2O3. The van der Waals surface area contributed by atoms with Gasteiger partial charge in [0.2, 0.25) is 5.91 Å². The predicted molar refractivity (Wildman–Crippen MR) is 66.6 cm³/mol. The Morgan fingerprint density at radius 3 is 2.41 bits per heavy atom. The molecule has 0 aliphatic carbocycles. The van der Waals surface area contributed by atoms with Gasteiger partial charge in [-0.15, -0.1) is 0 Å². The zero-order chi connectivity index (χ0) is 13.3. The van der Waals surface area contributed by atoms with E-state index in [4.69, 9.17) is 0 Å². The summed E-state index contributed by atoms with van der Waals surface area (Å²) in [5.74, 6) is 0.214. The maximum absolute atomic E-state index is 11.6. The Bertz CT molecular complexity index is 242. The fourth-order valence-electron chi connectivity index (χ4n) is 1.29. The minimum absolute atomic E-state index is 0.0450. The van der Waals surface area contributed by atoms with Crippen molar-refractivity contribution in [1.82, 2.24) is 10.2 Å². The molecule has 17 heavy (non-hydrogen) atoms. The maximum Gasteiger partial charge on any atom is 0.319 e. The molecule has 0 aliphatic rings. The highest BCUT2D eigenvalue weighted by atomic mass is 16.5. The number of rotatable bonds is 8. The van der Waals surface area contributed by atoms with Crippen LogP contribution in [0.3, 0.4) is 0 Å². The molecule has 0 heterocycles. The van der Waals surface area contributed by atoms with Crippen LogP contribution >= 0.6 is 0 Å². The summed E-state index contributed by atoms with van der Waals surface area (Å²) in [5.41, 5.74) is 0. The molecule has 0 aromatic carbocycles. The average molecular weight is 244 g/mol. The lowest BCUT2D eigenvalue weighted by molar-refractivity contribution is -0.142. The third-order valence-corrected chi connectivity index (χ3v) is 2.44. The van der Waals surface area contributed by atoms with Gasteiger partial charge in [-0.2, -0.15) is 0 Å². The fourth-order valence-corrected chi connectivity index (χ4v) is 1.29. The predicted octanol–water partition coefficient (Wildman–Crippen LogP) is 0.644. The average Bonchev–Trinajstić information content (AvgIpc) is 2.27. The smallest absolute Gasteiger partial charge is 0.319 e. The molecule has 100 valence electrons. The summed E-state index contributed by atoms with van der Waals surface area (Å²) in [6, 6.07) is 0. The molecule has 0 rings (SSSR count). The van der Waals surface area contributed by atoms with Crippen molar-refractivity contribution in [2.45, 2.75) is 27.2 Å². The van der Waals surface area contributed by atoms with Crippen LogP contribution in [0.5, 0.6) is 0 Å². The van der Waals surface area contributed by atoms with Crippen LogP contribution in [0.15, 0.2) is 0 Å². The summed E-state index contributed by atoms with van der Waals surface area (Å²) < 4.78 is 4.56. The number of amides is 1. The van der Waals surface area contributed by atoms with Gasteiger partial charge in [0.1, 0.15) is 0 Å². The van der Waals surface area contributed by atoms with Gasteiger partial charge in [-0.1, -0.05) is 20.8 Å². The number of likely N-dealkylation sites (N-methyl/N-ethyl adjacent to an activating group) is 1. The molecule has 0 saturated heterocycles. The van der Waals surface area contributed by atoms with Crippen molar-refractivity contribution in [1.29, 1.82) is 0 Å². The number of carbonyl (C=O) groups excluding carboxylic acids is 2. The van der Waals surface area contributed by atoms with E-state index in [0.717, 1.165) is 6.42 Å². The molecule has 0 unspecified atom stereocenters. The van der Waals surface area contributed by atoms with Gasteiger partial charge in [0.25, 0.3) is 0 Å². The highest BCUT2D eigenvalue weighted by Gasteiger charge is 2.12. The third kappa shape index (κ3) is 8.68. The highest BCUT2D eigenvalue weighted by Crippen LogP contribution is 1.96. The van der Waals surface area contributed by atoms with E-state index in [9.17, 15) is 9.59 Å². The van der Waals surface area contributed by atoms with Crippen LogP contribution in [-0.2, 0) is 14.3 Å². The SMILES string of the molecule is CCN(CC(=O)NCCC(C)C)CC(=O)OC. The second-order valence-electron chi connectivity index (χ2n) is 4.41. The summed E-state index contributed by atoms with van der Waals surface area (Å²) in [6.45, 7) is 7.86. The highest BCUT2D eigenvalue weighted by molar-refractivity contribution is 5.79. The first-order valence-corrected chi connectivity index (χ1v) is 6.05. The van der Waals surface area contributed by atoms with E-state index >= 15 is 0 Å². The summed E-state index contributed by atoms with van der Waals surface area (Å²) >= 11 is 0. The van der Waals surface area contributed by atoms with E-state index in [-0.39, 0.29) is 25.0 Å². The Kier molecular flexibility index (Phi) is 8.40. The standard InChI is InChI=1S/C12H24N2O3/c1-5-14(9-12(16)17-4)8-11(15)13-7-6-10(2)3/h10H,5-9H2,1-4H3,(H,13,15). The summed E-state index contributed by atoms with van der Waals surface area (Å²) in [6.07, 6.45) is 0.967. The number of esters is 1. The molecule has 5 nitrogen and oxygen atoms in total. The Morgan fingerprint density at radius 2 is 1.94 bits per heavy atom. The zero-order valence-electron chi connectivity index (χ0n) is 11.3. The Hall–Kier alpha value is -1.10. The number of ether oxygens (including phenoxy) is 1. The molecule has 0 saturated carbocycles. The minimum atomic E-state index is -0.318. The van der Waals surface area contributed by atoms with Crippen molar-refractivity contribution in [2.75, 3.05) is 33.3 Å². The van der Waals surface area contributed by atoms with Crippen LogP contribution in [-0.4, -0.2) is 50.1 Å². The van der Waals surface area contributed by atoms with Crippen molar-refractivity contribution in [3.63, 3.8) is 0 Å². The topological polar surface area (TPSA) is 58.6 Å². The summed E-state index contributed by atoms with van der Waals surface area (Å²) in [5, 5.41) is 2.84. The normalized spacial score (nSPS) is 10.7. The number of nitrogens with one attached hydrogen (secondary N) is 1. The van der Waals surface area contributed by atoms with Crippen LogP contribution < -0.4 is 5.32 Å². The molecule has 0 spiro atoms. The number of carbonyl (C=O) groups is 2. The van der Waals surface area contributed by atoms with Gasteiger partial charge in [0, 0.05) is 6.54 Å². The van der Waals surface area contributed by atoms with E-state index < -0.39 is 0 Å². The molecule has 0 aliphatic heterocycles. The van der Waals surface area contributed by atoms with Crippen molar-refractivity contribution in [3.05, 3.63) is 0 Å². The zero-order valence-corrected chi connectivity index (χ0v) is 11.3. The molecule has 5 heteroatoms. The quantitative estimate of drug-likeness (QED) is 0.637. The van der Waals surface area contributed by atoms with Crippen molar-refractivity contribution >= 4 is 11.9 Å². The lowest BCUT2D eigenvalue weighted by Gasteiger charge is -2.18. The fraction of sp³-hybridized carbons (Fsp3) is 0.833.